The predicted molar refractivity (Wildman–Crippen MR) is 60.8 cm³/mol. The van der Waals surface area contributed by atoms with Crippen LogP contribution in [0.1, 0.15) is 16.1 Å². The first kappa shape index (κ1) is 12.0. The lowest BCUT2D eigenvalue weighted by atomic mass is 10.0. The predicted octanol–water partition coefficient (Wildman–Crippen LogP) is -0.936. The Morgan fingerprint density at radius 3 is 2.35 bits per heavy atom. The summed E-state index contributed by atoms with van der Waals surface area (Å²) in [5.74, 6) is 0.0226. The van der Waals surface area contributed by atoms with Crippen LogP contribution in [0, 0.1) is 0 Å². The van der Waals surface area contributed by atoms with Crippen molar-refractivity contribution in [2.45, 2.75) is 0 Å². The molecule has 0 amide bonds. The highest BCUT2D eigenvalue weighted by molar-refractivity contribution is 5.98. The lowest BCUT2D eigenvalue weighted by molar-refractivity contribution is -0.569. The highest BCUT2D eigenvalue weighted by Gasteiger charge is 2.29. The van der Waals surface area contributed by atoms with Crippen LogP contribution in [0.3, 0.4) is 0 Å². The molecule has 0 bridgehead atoms. The molecular weight excluding hydrogens is 325 g/mol. The van der Waals surface area contributed by atoms with Gasteiger partial charge in [0.2, 0.25) is 5.69 Å². The topological polar surface area (TPSA) is 20.9 Å². The molecule has 1 aromatic carbocycles. The Labute approximate surface area is 117 Å². The maximum atomic E-state index is 11.7. The van der Waals surface area contributed by atoms with Gasteiger partial charge in [-0.2, -0.15) is 0 Å². The average molecular weight is 335 g/mol. The van der Waals surface area contributed by atoms with Gasteiger partial charge in [-0.05, 0) is 11.6 Å². The number of carbonyl (C=O) groups is 1. The standard InChI is InChI=1S/C14H10NO.HI/c16-14-10-12(11-6-2-1-3-7-11)13-8-4-5-9-15(13)14;/h1-10H;1H/q+1;/p-1. The molecule has 2 heterocycles. The van der Waals surface area contributed by atoms with Crippen molar-refractivity contribution in [3.63, 3.8) is 0 Å². The fourth-order valence-electron chi connectivity index (χ4n) is 1.97. The maximum absolute atomic E-state index is 11.7. The highest BCUT2D eigenvalue weighted by atomic mass is 127. The Kier molecular flexibility index (Phi) is 3.38. The number of carbonyl (C=O) groups excluding carboxylic acids is 1. The van der Waals surface area contributed by atoms with Crippen LogP contribution in [0.5, 0.6) is 0 Å². The molecule has 0 atom stereocenters. The molecule has 0 spiro atoms. The average Bonchev–Trinajstić information content (AvgIpc) is 2.69. The number of pyridine rings is 1. The number of aromatic nitrogens is 1. The third-order valence-corrected chi connectivity index (χ3v) is 2.73. The van der Waals surface area contributed by atoms with Crippen LogP contribution in [0.15, 0.2) is 60.8 Å². The molecule has 1 aromatic heterocycles. The van der Waals surface area contributed by atoms with Gasteiger partial charge in [0.05, 0.1) is 11.6 Å². The van der Waals surface area contributed by atoms with E-state index in [-0.39, 0.29) is 29.9 Å². The van der Waals surface area contributed by atoms with E-state index in [1.807, 2.05) is 48.5 Å². The molecule has 0 saturated heterocycles. The first-order valence-corrected chi connectivity index (χ1v) is 5.19. The second kappa shape index (κ2) is 4.79. The van der Waals surface area contributed by atoms with Gasteiger partial charge in [-0.25, -0.2) is 4.79 Å². The van der Waals surface area contributed by atoms with Gasteiger partial charge in [0.15, 0.2) is 6.20 Å². The molecule has 17 heavy (non-hydrogen) atoms. The van der Waals surface area contributed by atoms with E-state index in [4.69, 9.17) is 0 Å². The first-order chi connectivity index (χ1) is 7.86. The molecule has 3 heteroatoms. The minimum absolute atomic E-state index is 0. The first-order valence-electron chi connectivity index (χ1n) is 5.19. The SMILES string of the molecule is O=C1C=C(c2ccccc2)c2cccc[n+]21.[I-]. The molecule has 3 rings (SSSR count). The normalized spacial score (nSPS) is 12.7. The van der Waals surface area contributed by atoms with E-state index in [0.29, 0.717) is 0 Å². The van der Waals surface area contributed by atoms with Crippen molar-refractivity contribution in [3.8, 4) is 0 Å². The van der Waals surface area contributed by atoms with Gasteiger partial charge in [0.1, 0.15) is 0 Å². The van der Waals surface area contributed by atoms with Gasteiger partial charge in [-0.15, -0.1) is 4.57 Å². The summed E-state index contributed by atoms with van der Waals surface area (Å²) >= 11 is 0. The molecule has 0 saturated carbocycles. The molecule has 2 aromatic rings. The van der Waals surface area contributed by atoms with Gasteiger partial charge in [0, 0.05) is 12.1 Å². The summed E-state index contributed by atoms with van der Waals surface area (Å²) in [6, 6.07) is 15.7. The summed E-state index contributed by atoms with van der Waals surface area (Å²) in [6.07, 6.45) is 3.48. The largest absolute Gasteiger partial charge is 1.00 e. The van der Waals surface area contributed by atoms with Crippen LogP contribution in [-0.4, -0.2) is 5.91 Å². The third-order valence-electron chi connectivity index (χ3n) is 2.73. The van der Waals surface area contributed by atoms with Crippen LogP contribution >= 0.6 is 0 Å². The van der Waals surface area contributed by atoms with Crippen molar-refractivity contribution >= 4 is 11.5 Å². The number of nitrogens with zero attached hydrogens (tertiary/aromatic N) is 1. The smallest absolute Gasteiger partial charge is 0.418 e. The van der Waals surface area contributed by atoms with Crippen molar-refractivity contribution < 1.29 is 33.3 Å². The van der Waals surface area contributed by atoms with Gasteiger partial charge < -0.3 is 24.0 Å². The number of fused-ring (bicyclic) bond motifs is 1. The number of halogens is 1. The number of hydrogen-bond donors (Lipinski definition) is 0. The quantitative estimate of drug-likeness (QED) is 0.487. The Balaban J connectivity index is 0.00000108. The molecular formula is C14H10INO. The van der Waals surface area contributed by atoms with Crippen molar-refractivity contribution in [2.75, 3.05) is 0 Å². The molecule has 1 aliphatic heterocycles. The van der Waals surface area contributed by atoms with Gasteiger partial charge >= 0.3 is 5.91 Å². The molecule has 0 N–H and O–H groups in total. The fourth-order valence-corrected chi connectivity index (χ4v) is 1.97. The summed E-state index contributed by atoms with van der Waals surface area (Å²) in [5.41, 5.74) is 3.03. The van der Waals surface area contributed by atoms with E-state index in [0.717, 1.165) is 16.8 Å². The van der Waals surface area contributed by atoms with Crippen molar-refractivity contribution in [1.29, 1.82) is 0 Å². The second-order valence-corrected chi connectivity index (χ2v) is 3.72. The molecule has 0 fully saturated rings. The third kappa shape index (κ3) is 2.02. The minimum atomic E-state index is 0. The lowest BCUT2D eigenvalue weighted by Crippen LogP contribution is -3.00. The van der Waals surface area contributed by atoms with Crippen LogP contribution in [-0.2, 0) is 0 Å². The lowest BCUT2D eigenvalue weighted by Gasteiger charge is -1.98. The molecule has 0 aliphatic carbocycles. The minimum Gasteiger partial charge on any atom is -1.00 e. The zero-order chi connectivity index (χ0) is 11.0. The number of hydrogen-bond acceptors (Lipinski definition) is 1. The van der Waals surface area contributed by atoms with Crippen LogP contribution < -0.4 is 28.5 Å². The van der Waals surface area contributed by atoms with E-state index in [9.17, 15) is 4.79 Å². The summed E-state index contributed by atoms with van der Waals surface area (Å²) in [4.78, 5) is 11.7. The Morgan fingerprint density at radius 1 is 0.882 bits per heavy atom. The molecule has 0 unspecified atom stereocenters. The maximum Gasteiger partial charge on any atom is 0.418 e. The Morgan fingerprint density at radius 2 is 1.59 bits per heavy atom. The molecule has 2 nitrogen and oxygen atoms in total. The highest BCUT2D eigenvalue weighted by Crippen LogP contribution is 2.23. The van der Waals surface area contributed by atoms with E-state index in [1.165, 1.54) is 0 Å². The summed E-state index contributed by atoms with van der Waals surface area (Å²) in [7, 11) is 0. The number of allylic oxidation sites excluding steroid dienone is 1. The van der Waals surface area contributed by atoms with Gasteiger partial charge in [-0.3, -0.25) is 0 Å². The Bertz CT molecular complexity index is 590. The second-order valence-electron chi connectivity index (χ2n) is 3.72. The number of benzene rings is 1. The van der Waals surface area contributed by atoms with Crippen molar-refractivity contribution in [1.82, 2.24) is 0 Å². The van der Waals surface area contributed by atoms with Crippen LogP contribution in [0.4, 0.5) is 0 Å². The molecule has 1 aliphatic rings. The van der Waals surface area contributed by atoms with E-state index >= 15 is 0 Å². The summed E-state index contributed by atoms with van der Waals surface area (Å²) in [6.45, 7) is 0. The van der Waals surface area contributed by atoms with E-state index in [2.05, 4.69) is 0 Å². The number of rotatable bonds is 1. The van der Waals surface area contributed by atoms with Crippen LogP contribution in [0.2, 0.25) is 0 Å². The summed E-state index contributed by atoms with van der Waals surface area (Å²) in [5, 5.41) is 0. The zero-order valence-corrected chi connectivity index (χ0v) is 11.2. The monoisotopic (exact) mass is 335 g/mol. The van der Waals surface area contributed by atoms with Crippen molar-refractivity contribution in [2.24, 2.45) is 0 Å². The van der Waals surface area contributed by atoms with E-state index < -0.39 is 0 Å². The molecule has 0 radical (unpaired) electrons. The summed E-state index contributed by atoms with van der Waals surface area (Å²) < 4.78 is 1.67. The van der Waals surface area contributed by atoms with Crippen LogP contribution in [0.25, 0.3) is 5.57 Å². The van der Waals surface area contributed by atoms with Crippen molar-refractivity contribution in [3.05, 3.63) is 72.1 Å². The van der Waals surface area contributed by atoms with Gasteiger partial charge in [0.25, 0.3) is 0 Å². The van der Waals surface area contributed by atoms with E-state index in [1.54, 1.807) is 16.8 Å². The Hall–Kier alpha value is -1.49. The fraction of sp³-hybridized carbons (Fsp3) is 0. The van der Waals surface area contributed by atoms with Gasteiger partial charge in [-0.1, -0.05) is 30.3 Å². The zero-order valence-electron chi connectivity index (χ0n) is 9.01. The molecule has 84 valence electrons.